The van der Waals surface area contributed by atoms with Crippen LogP contribution in [0.1, 0.15) is 30.5 Å². The normalized spacial score (nSPS) is 12.2. The fourth-order valence-electron chi connectivity index (χ4n) is 2.26. The Morgan fingerprint density at radius 3 is 2.62 bits per heavy atom. The molecule has 2 nitrogen and oxygen atoms in total. The largest absolute Gasteiger partial charge is 0.494 e. The molecule has 0 spiro atoms. The van der Waals surface area contributed by atoms with Crippen LogP contribution in [0.3, 0.4) is 0 Å². The molecule has 0 aliphatic heterocycles. The van der Waals surface area contributed by atoms with E-state index in [-0.39, 0.29) is 17.6 Å². The van der Waals surface area contributed by atoms with Crippen LogP contribution < -0.4 is 10.1 Å². The van der Waals surface area contributed by atoms with Gasteiger partial charge in [-0.3, -0.25) is 0 Å². The molecule has 0 heterocycles. The summed E-state index contributed by atoms with van der Waals surface area (Å²) in [4.78, 5) is 0. The molecule has 0 saturated heterocycles. The molecule has 1 unspecified atom stereocenters. The van der Waals surface area contributed by atoms with Gasteiger partial charge < -0.3 is 10.1 Å². The fraction of sp³-hybridized carbons (Fsp3) is 0.294. The zero-order valence-corrected chi connectivity index (χ0v) is 13.0. The van der Waals surface area contributed by atoms with Gasteiger partial charge in [-0.15, -0.1) is 0 Å². The van der Waals surface area contributed by atoms with E-state index in [2.05, 4.69) is 12.2 Å². The minimum absolute atomic E-state index is 0.0434. The number of rotatable bonds is 6. The van der Waals surface area contributed by atoms with Gasteiger partial charge in [0.15, 0.2) is 11.6 Å². The minimum atomic E-state index is -0.360. The summed E-state index contributed by atoms with van der Waals surface area (Å²) < 4.78 is 18.7. The summed E-state index contributed by atoms with van der Waals surface area (Å²) in [6.07, 6.45) is 1.01. The maximum atomic E-state index is 13.6. The quantitative estimate of drug-likeness (QED) is 0.843. The highest BCUT2D eigenvalue weighted by Gasteiger charge is 2.16. The number of hydrogen-bond acceptors (Lipinski definition) is 2. The highest BCUT2D eigenvalue weighted by atomic mass is 35.5. The standard InChI is InChI=1S/C17H19ClFNO/c1-3-9-20-17(12-5-4-6-14(18)10-12)13-7-8-15(19)16(11-13)21-2/h4-8,10-11,17,20H,3,9H2,1-2H3. The lowest BCUT2D eigenvalue weighted by Gasteiger charge is -2.20. The number of nitrogens with one attached hydrogen (secondary N) is 1. The van der Waals surface area contributed by atoms with E-state index in [4.69, 9.17) is 16.3 Å². The third kappa shape index (κ3) is 3.96. The van der Waals surface area contributed by atoms with E-state index in [1.165, 1.54) is 13.2 Å². The van der Waals surface area contributed by atoms with Gasteiger partial charge in [-0.2, -0.15) is 0 Å². The molecule has 1 N–H and O–H groups in total. The molecule has 0 amide bonds. The predicted octanol–water partition coefficient (Wildman–Crippen LogP) is 4.58. The topological polar surface area (TPSA) is 21.3 Å². The Labute approximate surface area is 129 Å². The van der Waals surface area contributed by atoms with E-state index in [0.29, 0.717) is 5.02 Å². The van der Waals surface area contributed by atoms with Crippen molar-refractivity contribution < 1.29 is 9.13 Å². The van der Waals surface area contributed by atoms with Crippen molar-refractivity contribution in [3.8, 4) is 5.75 Å². The molecule has 2 rings (SSSR count). The van der Waals surface area contributed by atoms with Crippen LogP contribution in [-0.2, 0) is 0 Å². The average molecular weight is 308 g/mol. The van der Waals surface area contributed by atoms with E-state index in [9.17, 15) is 4.39 Å². The molecule has 0 bridgehead atoms. The molecule has 4 heteroatoms. The van der Waals surface area contributed by atoms with Crippen LogP contribution >= 0.6 is 11.6 Å². The van der Waals surface area contributed by atoms with Crippen molar-refractivity contribution in [2.24, 2.45) is 0 Å². The Morgan fingerprint density at radius 2 is 1.95 bits per heavy atom. The highest BCUT2D eigenvalue weighted by Crippen LogP contribution is 2.28. The third-order valence-corrected chi connectivity index (χ3v) is 3.52. The first-order valence-electron chi connectivity index (χ1n) is 6.98. The Hall–Kier alpha value is -1.58. The van der Waals surface area contributed by atoms with Gasteiger partial charge in [-0.1, -0.05) is 36.7 Å². The fourth-order valence-corrected chi connectivity index (χ4v) is 2.46. The van der Waals surface area contributed by atoms with Gasteiger partial charge in [0, 0.05) is 5.02 Å². The lowest BCUT2D eigenvalue weighted by Crippen LogP contribution is -2.23. The van der Waals surface area contributed by atoms with Crippen molar-refractivity contribution in [3.63, 3.8) is 0 Å². The molecule has 0 aliphatic carbocycles. The summed E-state index contributed by atoms with van der Waals surface area (Å²) in [5.41, 5.74) is 1.99. The Bertz CT molecular complexity index is 603. The summed E-state index contributed by atoms with van der Waals surface area (Å²) in [6, 6.07) is 12.6. The molecular formula is C17H19ClFNO. The molecule has 0 aliphatic rings. The Balaban J connectivity index is 2.40. The van der Waals surface area contributed by atoms with E-state index in [1.54, 1.807) is 12.1 Å². The number of ether oxygens (including phenoxy) is 1. The molecule has 112 valence electrons. The summed E-state index contributed by atoms with van der Waals surface area (Å²) in [5.74, 6) is -0.112. The first-order valence-corrected chi connectivity index (χ1v) is 7.35. The predicted molar refractivity (Wildman–Crippen MR) is 84.5 cm³/mol. The lowest BCUT2D eigenvalue weighted by atomic mass is 9.98. The Morgan fingerprint density at radius 1 is 1.19 bits per heavy atom. The molecular weight excluding hydrogens is 289 g/mol. The van der Waals surface area contributed by atoms with Crippen molar-refractivity contribution in [2.45, 2.75) is 19.4 Å². The summed E-state index contributed by atoms with van der Waals surface area (Å²) in [7, 11) is 1.47. The second-order valence-electron chi connectivity index (χ2n) is 4.84. The average Bonchev–Trinajstić information content (AvgIpc) is 2.49. The molecule has 1 atom stereocenters. The van der Waals surface area contributed by atoms with Crippen LogP contribution in [0.15, 0.2) is 42.5 Å². The van der Waals surface area contributed by atoms with Gasteiger partial charge in [0.05, 0.1) is 13.2 Å². The molecule has 21 heavy (non-hydrogen) atoms. The highest BCUT2D eigenvalue weighted by molar-refractivity contribution is 6.30. The first-order chi connectivity index (χ1) is 10.2. The maximum Gasteiger partial charge on any atom is 0.165 e. The molecule has 0 aromatic heterocycles. The van der Waals surface area contributed by atoms with Gasteiger partial charge >= 0.3 is 0 Å². The van der Waals surface area contributed by atoms with E-state index >= 15 is 0 Å². The van der Waals surface area contributed by atoms with Gasteiger partial charge in [0.25, 0.3) is 0 Å². The summed E-state index contributed by atoms with van der Waals surface area (Å²) in [5, 5.41) is 4.15. The van der Waals surface area contributed by atoms with Crippen LogP contribution in [0, 0.1) is 5.82 Å². The number of benzene rings is 2. The van der Waals surface area contributed by atoms with Crippen LogP contribution in [0.25, 0.3) is 0 Å². The SMILES string of the molecule is CCCNC(c1cccc(Cl)c1)c1ccc(F)c(OC)c1. The number of methoxy groups -OCH3 is 1. The molecule has 2 aromatic carbocycles. The Kier molecular flexibility index (Phi) is 5.59. The number of halogens is 2. The molecule has 0 radical (unpaired) electrons. The first kappa shape index (κ1) is 15.8. The molecule has 0 saturated carbocycles. The second kappa shape index (κ2) is 7.43. The smallest absolute Gasteiger partial charge is 0.165 e. The third-order valence-electron chi connectivity index (χ3n) is 3.29. The van der Waals surface area contributed by atoms with Crippen molar-refractivity contribution in [3.05, 3.63) is 64.4 Å². The van der Waals surface area contributed by atoms with Gasteiger partial charge in [-0.05, 0) is 48.4 Å². The van der Waals surface area contributed by atoms with Crippen molar-refractivity contribution in [1.29, 1.82) is 0 Å². The second-order valence-corrected chi connectivity index (χ2v) is 5.27. The zero-order valence-electron chi connectivity index (χ0n) is 12.2. The van der Waals surface area contributed by atoms with Crippen LogP contribution in [0.2, 0.25) is 5.02 Å². The van der Waals surface area contributed by atoms with Crippen molar-refractivity contribution in [1.82, 2.24) is 5.32 Å². The van der Waals surface area contributed by atoms with Crippen LogP contribution in [-0.4, -0.2) is 13.7 Å². The van der Waals surface area contributed by atoms with Crippen molar-refractivity contribution in [2.75, 3.05) is 13.7 Å². The van der Waals surface area contributed by atoms with Gasteiger partial charge in [-0.25, -0.2) is 4.39 Å². The summed E-state index contributed by atoms with van der Waals surface area (Å²) in [6.45, 7) is 2.96. The monoisotopic (exact) mass is 307 g/mol. The summed E-state index contributed by atoms with van der Waals surface area (Å²) >= 11 is 6.08. The van der Waals surface area contributed by atoms with Gasteiger partial charge in [0.1, 0.15) is 0 Å². The zero-order chi connectivity index (χ0) is 15.2. The van der Waals surface area contributed by atoms with E-state index in [0.717, 1.165) is 24.1 Å². The van der Waals surface area contributed by atoms with E-state index in [1.807, 2.05) is 24.3 Å². The number of hydrogen-bond donors (Lipinski definition) is 1. The molecule has 2 aromatic rings. The van der Waals surface area contributed by atoms with Gasteiger partial charge in [0.2, 0.25) is 0 Å². The minimum Gasteiger partial charge on any atom is -0.494 e. The lowest BCUT2D eigenvalue weighted by molar-refractivity contribution is 0.385. The van der Waals surface area contributed by atoms with Crippen LogP contribution in [0.4, 0.5) is 4.39 Å². The van der Waals surface area contributed by atoms with Crippen LogP contribution in [0.5, 0.6) is 5.75 Å². The molecule has 0 fully saturated rings. The van der Waals surface area contributed by atoms with E-state index < -0.39 is 0 Å². The van der Waals surface area contributed by atoms with Crippen molar-refractivity contribution >= 4 is 11.6 Å². The maximum absolute atomic E-state index is 13.6.